The molecule has 0 aliphatic carbocycles. The first-order valence-corrected chi connectivity index (χ1v) is 9.89. The minimum absolute atomic E-state index is 0.00726. The van der Waals surface area contributed by atoms with E-state index in [0.717, 1.165) is 12.1 Å². The average molecular weight is 462 g/mol. The van der Waals surface area contributed by atoms with Crippen LogP contribution in [0, 0.1) is 0 Å². The topological polar surface area (TPSA) is 179 Å². The van der Waals surface area contributed by atoms with Crippen LogP contribution in [0.5, 0.6) is 23.0 Å². The molecule has 4 rings (SSSR count). The molecule has 2 aromatic carbocycles. The Morgan fingerprint density at radius 3 is 2.33 bits per heavy atom. The number of methoxy groups -OCH3 is 1. The van der Waals surface area contributed by atoms with E-state index in [1.165, 1.54) is 31.4 Å². The number of fused-ring (bicyclic) bond motifs is 1. The predicted octanol–water partition coefficient (Wildman–Crippen LogP) is 0.0585. The molecule has 0 unspecified atom stereocenters. The second-order valence-corrected chi connectivity index (χ2v) is 7.47. The average Bonchev–Trinajstić information content (AvgIpc) is 2.80. The van der Waals surface area contributed by atoms with E-state index >= 15 is 0 Å². The number of rotatable bonds is 5. The second kappa shape index (κ2) is 8.89. The van der Waals surface area contributed by atoms with Gasteiger partial charge in [-0.25, -0.2) is 0 Å². The molecule has 11 nitrogen and oxygen atoms in total. The lowest BCUT2D eigenvalue weighted by Gasteiger charge is -2.39. The summed E-state index contributed by atoms with van der Waals surface area (Å²) >= 11 is 0. The highest BCUT2D eigenvalue weighted by Gasteiger charge is 2.45. The number of hydrogen-bond acceptors (Lipinski definition) is 11. The standard InChI is InChI=1S/C22H22O11/c1-30-14-7-12(26)16-11(25)6-13(9-2-4-10(24)5-3-9)31-21(16)20(14)33-22-19(29)18(28)17(27)15(8-23)32-22/h2-7,15,17-19,22-24,26-29H,8H2,1H3/t15-,17-,18+,19-,22+/m1/s1. The molecule has 0 amide bonds. The molecule has 1 fully saturated rings. The molecule has 1 aromatic heterocycles. The van der Waals surface area contributed by atoms with E-state index in [0.29, 0.717) is 5.56 Å². The van der Waals surface area contributed by atoms with Crippen LogP contribution in [0.4, 0.5) is 0 Å². The number of aromatic hydroxyl groups is 2. The van der Waals surface area contributed by atoms with Gasteiger partial charge in [0.15, 0.2) is 16.8 Å². The molecule has 5 atom stereocenters. The van der Waals surface area contributed by atoms with Gasteiger partial charge in [0.25, 0.3) is 0 Å². The van der Waals surface area contributed by atoms with Crippen molar-refractivity contribution in [2.24, 2.45) is 0 Å². The Morgan fingerprint density at radius 1 is 1.00 bits per heavy atom. The highest BCUT2D eigenvalue weighted by atomic mass is 16.7. The molecule has 1 aliphatic rings. The van der Waals surface area contributed by atoms with Gasteiger partial charge in [0.2, 0.25) is 12.0 Å². The summed E-state index contributed by atoms with van der Waals surface area (Å²) in [6, 6.07) is 8.08. The van der Waals surface area contributed by atoms with Crippen LogP contribution in [-0.4, -0.2) is 75.1 Å². The number of ether oxygens (including phenoxy) is 3. The zero-order valence-electron chi connectivity index (χ0n) is 17.3. The molecule has 0 radical (unpaired) electrons. The highest BCUT2D eigenvalue weighted by molar-refractivity contribution is 5.91. The van der Waals surface area contributed by atoms with Gasteiger partial charge in [0.05, 0.1) is 13.7 Å². The van der Waals surface area contributed by atoms with Crippen molar-refractivity contribution < 1.29 is 49.3 Å². The molecule has 0 saturated carbocycles. The van der Waals surface area contributed by atoms with E-state index < -0.39 is 48.5 Å². The maximum Gasteiger partial charge on any atom is 0.229 e. The Hall–Kier alpha value is -3.35. The van der Waals surface area contributed by atoms with Gasteiger partial charge in [-0.1, -0.05) is 0 Å². The Morgan fingerprint density at radius 2 is 1.70 bits per heavy atom. The molecular weight excluding hydrogens is 440 g/mol. The van der Waals surface area contributed by atoms with Crippen molar-refractivity contribution in [1.82, 2.24) is 0 Å². The van der Waals surface area contributed by atoms with E-state index in [1.807, 2.05) is 0 Å². The van der Waals surface area contributed by atoms with E-state index in [-0.39, 0.29) is 34.0 Å². The zero-order valence-corrected chi connectivity index (χ0v) is 17.3. The van der Waals surface area contributed by atoms with Crippen molar-refractivity contribution in [2.45, 2.75) is 30.7 Å². The Labute approximate surface area is 186 Å². The molecule has 0 spiro atoms. The highest BCUT2D eigenvalue weighted by Crippen LogP contribution is 2.42. The van der Waals surface area contributed by atoms with E-state index in [2.05, 4.69) is 0 Å². The molecule has 1 aliphatic heterocycles. The van der Waals surface area contributed by atoms with E-state index in [4.69, 9.17) is 18.6 Å². The minimum atomic E-state index is -1.73. The van der Waals surface area contributed by atoms with Crippen molar-refractivity contribution in [2.75, 3.05) is 13.7 Å². The van der Waals surface area contributed by atoms with Crippen molar-refractivity contribution in [3.8, 4) is 34.3 Å². The van der Waals surface area contributed by atoms with Crippen molar-refractivity contribution in [3.05, 3.63) is 46.6 Å². The van der Waals surface area contributed by atoms with Crippen LogP contribution in [-0.2, 0) is 4.74 Å². The lowest BCUT2D eigenvalue weighted by molar-refractivity contribution is -0.277. The summed E-state index contributed by atoms with van der Waals surface area (Å²) in [5.41, 5.74) is -0.412. The molecule has 2 heterocycles. The summed E-state index contributed by atoms with van der Waals surface area (Å²) in [5, 5.41) is 59.4. The predicted molar refractivity (Wildman–Crippen MR) is 112 cm³/mol. The van der Waals surface area contributed by atoms with Crippen LogP contribution in [0.3, 0.4) is 0 Å². The lowest BCUT2D eigenvalue weighted by atomic mass is 9.99. The van der Waals surface area contributed by atoms with Gasteiger partial charge in [-0.15, -0.1) is 0 Å². The largest absolute Gasteiger partial charge is 0.508 e. The van der Waals surface area contributed by atoms with E-state index in [9.17, 15) is 35.4 Å². The maximum absolute atomic E-state index is 12.8. The fourth-order valence-electron chi connectivity index (χ4n) is 3.58. The molecular formula is C22H22O11. The summed E-state index contributed by atoms with van der Waals surface area (Å²) in [6.45, 7) is -0.668. The third-order valence-corrected chi connectivity index (χ3v) is 5.36. The number of hydrogen-bond donors (Lipinski definition) is 6. The molecule has 3 aromatic rings. The van der Waals surface area contributed by atoms with Gasteiger partial charge < -0.3 is 49.3 Å². The van der Waals surface area contributed by atoms with Crippen LogP contribution in [0.15, 0.2) is 45.6 Å². The third-order valence-electron chi connectivity index (χ3n) is 5.36. The first-order valence-electron chi connectivity index (χ1n) is 9.89. The van der Waals surface area contributed by atoms with Gasteiger partial charge in [-0.05, 0) is 24.3 Å². The summed E-state index contributed by atoms with van der Waals surface area (Å²) in [4.78, 5) is 12.8. The fraction of sp³-hybridized carbons (Fsp3) is 0.318. The smallest absolute Gasteiger partial charge is 0.229 e. The molecule has 6 N–H and O–H groups in total. The quantitative estimate of drug-likeness (QED) is 0.302. The number of aliphatic hydroxyl groups excluding tert-OH is 4. The van der Waals surface area contributed by atoms with Crippen molar-refractivity contribution in [3.63, 3.8) is 0 Å². The molecule has 11 heteroatoms. The first-order chi connectivity index (χ1) is 15.7. The Balaban J connectivity index is 1.86. The molecule has 33 heavy (non-hydrogen) atoms. The van der Waals surface area contributed by atoms with E-state index in [1.54, 1.807) is 0 Å². The Bertz CT molecular complexity index is 1200. The van der Waals surface area contributed by atoms with Crippen LogP contribution in [0.1, 0.15) is 0 Å². The van der Waals surface area contributed by atoms with Gasteiger partial charge in [0, 0.05) is 17.7 Å². The van der Waals surface area contributed by atoms with Crippen LogP contribution in [0.2, 0.25) is 0 Å². The van der Waals surface area contributed by atoms with Gasteiger partial charge >= 0.3 is 0 Å². The normalized spacial score (nSPS) is 25.2. The molecule has 176 valence electrons. The van der Waals surface area contributed by atoms with Crippen LogP contribution in [0.25, 0.3) is 22.3 Å². The number of benzene rings is 2. The monoisotopic (exact) mass is 462 g/mol. The van der Waals surface area contributed by atoms with Crippen LogP contribution >= 0.6 is 0 Å². The summed E-state index contributed by atoms with van der Waals surface area (Å²) in [5.74, 6) is -0.670. The maximum atomic E-state index is 12.8. The van der Waals surface area contributed by atoms with Crippen molar-refractivity contribution in [1.29, 1.82) is 0 Å². The third kappa shape index (κ3) is 4.08. The number of phenolic OH excluding ortho intramolecular Hbond substituents is 2. The number of phenols is 2. The second-order valence-electron chi connectivity index (χ2n) is 7.47. The molecule has 1 saturated heterocycles. The minimum Gasteiger partial charge on any atom is -0.508 e. The van der Waals surface area contributed by atoms with Crippen molar-refractivity contribution >= 4 is 11.0 Å². The summed E-state index contributed by atoms with van der Waals surface area (Å²) in [7, 11) is 1.27. The summed E-state index contributed by atoms with van der Waals surface area (Å²) < 4.78 is 22.2. The number of aliphatic hydroxyl groups is 4. The van der Waals surface area contributed by atoms with Crippen LogP contribution < -0.4 is 14.9 Å². The molecule has 0 bridgehead atoms. The zero-order chi connectivity index (χ0) is 23.9. The SMILES string of the molecule is COc1cc(O)c2c(=O)cc(-c3ccc(O)cc3)oc2c1O[C@@H]1O[C@H](CO)[C@@H](O)[C@H](O)[C@H]1O. The lowest BCUT2D eigenvalue weighted by Crippen LogP contribution is -2.60. The van der Waals surface area contributed by atoms with Gasteiger partial charge in [-0.3, -0.25) is 4.79 Å². The summed E-state index contributed by atoms with van der Waals surface area (Å²) in [6.07, 6.45) is -7.85. The van der Waals surface area contributed by atoms with Gasteiger partial charge in [0.1, 0.15) is 47.1 Å². The first kappa shape index (κ1) is 22.8. The Kier molecular flexibility index (Phi) is 6.15. The fourth-order valence-corrected chi connectivity index (χ4v) is 3.58. The van der Waals surface area contributed by atoms with Gasteiger partial charge in [-0.2, -0.15) is 0 Å².